The molecule has 1 atom stereocenters. The molecule has 0 saturated carbocycles. The molecule has 0 aliphatic carbocycles. The molecule has 5 heteroatoms. The fraction of sp³-hybridized carbons (Fsp3) is 0.467. The maximum absolute atomic E-state index is 13.1. The smallest absolute Gasteiger partial charge is 0.227 e. The Morgan fingerprint density at radius 1 is 1.40 bits per heavy atom. The maximum Gasteiger partial charge on any atom is 0.227 e. The molecule has 1 N–H and O–H groups in total. The van der Waals surface area contributed by atoms with Crippen LogP contribution in [0.3, 0.4) is 0 Å². The van der Waals surface area contributed by atoms with Crippen LogP contribution < -0.4 is 5.32 Å². The normalized spacial score (nSPS) is 12.6. The van der Waals surface area contributed by atoms with Crippen LogP contribution >= 0.6 is 0 Å². The van der Waals surface area contributed by atoms with Gasteiger partial charge in [-0.05, 0) is 50.6 Å². The van der Waals surface area contributed by atoms with Gasteiger partial charge < -0.3 is 9.84 Å². The lowest BCUT2D eigenvalue weighted by Crippen LogP contribution is -2.25. The number of aryl methyl sites for hydroxylation is 2. The molecule has 0 bridgehead atoms. The van der Waals surface area contributed by atoms with Crippen molar-refractivity contribution >= 4 is 0 Å². The minimum atomic E-state index is -0.255. The molecule has 2 aromatic rings. The Hall–Kier alpha value is -1.75. The first-order chi connectivity index (χ1) is 9.60. The van der Waals surface area contributed by atoms with Crippen molar-refractivity contribution in [3.8, 4) is 11.4 Å². The van der Waals surface area contributed by atoms with Crippen LogP contribution in [0.4, 0.5) is 4.39 Å². The average molecular weight is 277 g/mol. The third-order valence-corrected chi connectivity index (χ3v) is 3.24. The lowest BCUT2D eigenvalue weighted by molar-refractivity contribution is 0.368. The highest BCUT2D eigenvalue weighted by atomic mass is 19.1. The first-order valence-corrected chi connectivity index (χ1v) is 6.92. The Morgan fingerprint density at radius 2 is 2.20 bits per heavy atom. The molecule has 20 heavy (non-hydrogen) atoms. The molecule has 4 nitrogen and oxygen atoms in total. The van der Waals surface area contributed by atoms with Crippen LogP contribution in [0, 0.1) is 12.7 Å². The van der Waals surface area contributed by atoms with Crippen molar-refractivity contribution in [2.24, 2.45) is 0 Å². The zero-order valence-corrected chi connectivity index (χ0v) is 12.1. The second-order valence-electron chi connectivity index (χ2n) is 4.97. The van der Waals surface area contributed by atoms with Crippen molar-refractivity contribution in [2.75, 3.05) is 6.54 Å². The SMILES string of the molecule is CCNC(C)CCc1nc(-c2ccc(F)cc2C)no1. The van der Waals surface area contributed by atoms with Gasteiger partial charge in [-0.2, -0.15) is 4.98 Å². The summed E-state index contributed by atoms with van der Waals surface area (Å²) < 4.78 is 18.3. The number of benzene rings is 1. The van der Waals surface area contributed by atoms with E-state index in [1.807, 2.05) is 6.92 Å². The largest absolute Gasteiger partial charge is 0.339 e. The number of hydrogen-bond acceptors (Lipinski definition) is 4. The van der Waals surface area contributed by atoms with Crippen molar-refractivity contribution in [1.82, 2.24) is 15.5 Å². The van der Waals surface area contributed by atoms with Crippen LogP contribution in [-0.4, -0.2) is 22.7 Å². The van der Waals surface area contributed by atoms with Gasteiger partial charge in [-0.3, -0.25) is 0 Å². The van der Waals surface area contributed by atoms with Crippen molar-refractivity contribution in [3.63, 3.8) is 0 Å². The van der Waals surface area contributed by atoms with Crippen LogP contribution in [0.25, 0.3) is 11.4 Å². The molecule has 0 aliphatic heterocycles. The second kappa shape index (κ2) is 6.61. The molecule has 0 fully saturated rings. The number of aromatic nitrogens is 2. The summed E-state index contributed by atoms with van der Waals surface area (Å²) in [5.74, 6) is 0.886. The van der Waals surface area contributed by atoms with E-state index in [1.54, 1.807) is 6.07 Å². The summed E-state index contributed by atoms with van der Waals surface area (Å²) >= 11 is 0. The van der Waals surface area contributed by atoms with E-state index in [-0.39, 0.29) is 5.82 Å². The first-order valence-electron chi connectivity index (χ1n) is 6.92. The Bertz CT molecular complexity index is 568. The summed E-state index contributed by atoms with van der Waals surface area (Å²) in [4.78, 5) is 4.38. The highest BCUT2D eigenvalue weighted by Crippen LogP contribution is 2.21. The summed E-state index contributed by atoms with van der Waals surface area (Å²) in [6.45, 7) is 7.00. The van der Waals surface area contributed by atoms with E-state index in [4.69, 9.17) is 4.52 Å². The minimum Gasteiger partial charge on any atom is -0.339 e. The molecule has 0 amide bonds. The maximum atomic E-state index is 13.1. The van der Waals surface area contributed by atoms with Crippen LogP contribution in [0.15, 0.2) is 22.7 Å². The van der Waals surface area contributed by atoms with Crippen LogP contribution in [0.5, 0.6) is 0 Å². The van der Waals surface area contributed by atoms with Gasteiger partial charge in [0, 0.05) is 18.0 Å². The van der Waals surface area contributed by atoms with Crippen molar-refractivity contribution in [2.45, 2.75) is 39.7 Å². The molecular weight excluding hydrogens is 257 g/mol. The van der Waals surface area contributed by atoms with Gasteiger partial charge in [0.1, 0.15) is 5.82 Å². The Labute approximate surface area is 118 Å². The zero-order valence-electron chi connectivity index (χ0n) is 12.1. The van der Waals surface area contributed by atoms with Crippen LogP contribution in [0.2, 0.25) is 0 Å². The van der Waals surface area contributed by atoms with E-state index in [0.29, 0.717) is 17.8 Å². The van der Waals surface area contributed by atoms with E-state index in [0.717, 1.165) is 30.5 Å². The van der Waals surface area contributed by atoms with Gasteiger partial charge in [-0.25, -0.2) is 4.39 Å². The van der Waals surface area contributed by atoms with Crippen molar-refractivity contribution < 1.29 is 8.91 Å². The predicted molar refractivity (Wildman–Crippen MR) is 75.9 cm³/mol. The topological polar surface area (TPSA) is 51.0 Å². The monoisotopic (exact) mass is 277 g/mol. The van der Waals surface area contributed by atoms with Gasteiger partial charge in [-0.15, -0.1) is 0 Å². The lowest BCUT2D eigenvalue weighted by Gasteiger charge is -2.09. The second-order valence-corrected chi connectivity index (χ2v) is 4.97. The highest BCUT2D eigenvalue weighted by molar-refractivity contribution is 5.59. The van der Waals surface area contributed by atoms with E-state index in [1.165, 1.54) is 12.1 Å². The lowest BCUT2D eigenvalue weighted by atomic mass is 10.1. The van der Waals surface area contributed by atoms with E-state index in [9.17, 15) is 4.39 Å². The Kier molecular flexibility index (Phi) is 4.84. The minimum absolute atomic E-state index is 0.255. The number of halogens is 1. The van der Waals surface area contributed by atoms with Crippen molar-refractivity contribution in [3.05, 3.63) is 35.5 Å². The van der Waals surface area contributed by atoms with Crippen LogP contribution in [0.1, 0.15) is 31.7 Å². The number of hydrogen-bond donors (Lipinski definition) is 1. The molecule has 1 aromatic heterocycles. The van der Waals surface area contributed by atoms with Gasteiger partial charge in [0.25, 0.3) is 0 Å². The molecule has 0 spiro atoms. The summed E-state index contributed by atoms with van der Waals surface area (Å²) in [6.07, 6.45) is 1.68. The number of rotatable bonds is 6. The van der Waals surface area contributed by atoms with E-state index >= 15 is 0 Å². The molecule has 1 unspecified atom stereocenters. The average Bonchev–Trinajstić information content (AvgIpc) is 2.85. The first kappa shape index (κ1) is 14.7. The standard InChI is InChI=1S/C15H20FN3O/c1-4-17-11(3)5-8-14-18-15(19-20-14)13-7-6-12(16)9-10(13)2/h6-7,9,11,17H,4-5,8H2,1-3H3. The number of nitrogens with zero attached hydrogens (tertiary/aromatic N) is 2. The molecule has 0 saturated heterocycles. The molecule has 0 aliphatic rings. The van der Waals surface area contributed by atoms with Crippen LogP contribution in [-0.2, 0) is 6.42 Å². The quantitative estimate of drug-likeness (QED) is 0.881. The fourth-order valence-electron chi connectivity index (χ4n) is 2.13. The van der Waals surface area contributed by atoms with Gasteiger partial charge in [0.05, 0.1) is 0 Å². The van der Waals surface area contributed by atoms with Gasteiger partial charge in [-0.1, -0.05) is 12.1 Å². The molecule has 1 heterocycles. The number of nitrogens with one attached hydrogen (secondary N) is 1. The van der Waals surface area contributed by atoms with Gasteiger partial charge >= 0.3 is 0 Å². The Morgan fingerprint density at radius 3 is 2.90 bits per heavy atom. The summed E-state index contributed by atoms with van der Waals surface area (Å²) in [5.41, 5.74) is 1.61. The summed E-state index contributed by atoms with van der Waals surface area (Å²) in [5, 5.41) is 7.31. The molecular formula is C15H20FN3O. The fourth-order valence-corrected chi connectivity index (χ4v) is 2.13. The Balaban J connectivity index is 2.05. The van der Waals surface area contributed by atoms with Gasteiger partial charge in [0.15, 0.2) is 0 Å². The van der Waals surface area contributed by atoms with Gasteiger partial charge in [0.2, 0.25) is 11.7 Å². The molecule has 108 valence electrons. The zero-order chi connectivity index (χ0) is 14.5. The molecule has 1 aromatic carbocycles. The highest BCUT2D eigenvalue weighted by Gasteiger charge is 2.12. The van der Waals surface area contributed by atoms with E-state index < -0.39 is 0 Å². The molecule has 2 rings (SSSR count). The van der Waals surface area contributed by atoms with Crippen molar-refractivity contribution in [1.29, 1.82) is 0 Å². The third kappa shape index (κ3) is 3.63. The predicted octanol–water partition coefficient (Wildman–Crippen LogP) is 3.11. The summed E-state index contributed by atoms with van der Waals surface area (Å²) in [6, 6.07) is 4.98. The molecule has 0 radical (unpaired) electrons. The van der Waals surface area contributed by atoms with E-state index in [2.05, 4.69) is 29.3 Å². The summed E-state index contributed by atoms with van der Waals surface area (Å²) in [7, 11) is 0. The third-order valence-electron chi connectivity index (χ3n) is 3.24.